The van der Waals surface area contributed by atoms with Gasteiger partial charge >= 0.3 is 0 Å². The van der Waals surface area contributed by atoms with E-state index in [-0.39, 0.29) is 5.56 Å². The maximum Gasteiger partial charge on any atom is 0.227 e. The summed E-state index contributed by atoms with van der Waals surface area (Å²) >= 11 is 0. The molecule has 0 aliphatic carbocycles. The first kappa shape index (κ1) is 12.6. The molecule has 3 nitrogen and oxygen atoms in total. The van der Waals surface area contributed by atoms with Crippen molar-refractivity contribution in [2.24, 2.45) is 5.92 Å². The van der Waals surface area contributed by atoms with Gasteiger partial charge in [-0.25, -0.2) is 4.98 Å². The van der Waals surface area contributed by atoms with Crippen molar-refractivity contribution in [3.05, 3.63) is 59.4 Å². The lowest BCUT2D eigenvalue weighted by Crippen LogP contribution is -1.96. The number of pyridine rings is 2. The lowest BCUT2D eigenvalue weighted by molar-refractivity contribution is 0.621. The standard InChI is InChI=1S/C22H22N2O/c1-13(2)10-16-8-9-18-17-6-5-7-19(21(17)25-22(18)24-16)20-11-14(3)15(4)12-23-20/h5-9,11-13H,10H2,1-4H3/i4D3. The van der Waals surface area contributed by atoms with E-state index in [2.05, 4.69) is 35.9 Å². The van der Waals surface area contributed by atoms with Gasteiger partial charge in [0.25, 0.3) is 0 Å². The van der Waals surface area contributed by atoms with Gasteiger partial charge in [0.05, 0.1) is 5.69 Å². The Hall–Kier alpha value is -2.68. The summed E-state index contributed by atoms with van der Waals surface area (Å²) in [5, 5.41) is 1.95. The maximum atomic E-state index is 7.63. The lowest BCUT2D eigenvalue weighted by Gasteiger charge is -2.05. The van der Waals surface area contributed by atoms with E-state index >= 15 is 0 Å². The van der Waals surface area contributed by atoms with E-state index < -0.39 is 6.85 Å². The molecule has 3 heterocycles. The average molecular weight is 333 g/mol. The van der Waals surface area contributed by atoms with Gasteiger partial charge in [0.2, 0.25) is 5.71 Å². The lowest BCUT2D eigenvalue weighted by atomic mass is 10.0. The van der Waals surface area contributed by atoms with Crippen LogP contribution in [-0.2, 0) is 6.42 Å². The van der Waals surface area contributed by atoms with Crippen LogP contribution in [0.5, 0.6) is 0 Å². The predicted octanol–water partition coefficient (Wildman–Crippen LogP) is 5.86. The van der Waals surface area contributed by atoms with E-state index in [1.807, 2.05) is 18.2 Å². The third kappa shape index (κ3) is 2.80. The minimum Gasteiger partial charge on any atom is -0.437 e. The van der Waals surface area contributed by atoms with Gasteiger partial charge in [0, 0.05) is 32.3 Å². The first-order valence-electron chi connectivity index (χ1n) is 10.0. The van der Waals surface area contributed by atoms with Crippen molar-refractivity contribution in [3.63, 3.8) is 0 Å². The number of furan rings is 1. The molecule has 0 unspecified atom stereocenters. The number of nitrogens with zero attached hydrogens (tertiary/aromatic N) is 2. The van der Waals surface area contributed by atoms with Gasteiger partial charge in [-0.15, -0.1) is 0 Å². The SMILES string of the molecule is [2H]C([2H])([2H])c1cnc(-c2cccc3c2oc2nc(CC(C)C)ccc23)cc1C. The molecule has 1 aromatic carbocycles. The van der Waals surface area contributed by atoms with Crippen molar-refractivity contribution in [1.82, 2.24) is 9.97 Å². The molecular formula is C22H22N2O. The minimum absolute atomic E-state index is 0.271. The van der Waals surface area contributed by atoms with Gasteiger partial charge < -0.3 is 4.42 Å². The fourth-order valence-electron chi connectivity index (χ4n) is 3.15. The molecule has 3 aromatic heterocycles. The quantitative estimate of drug-likeness (QED) is 0.471. The zero-order chi connectivity index (χ0) is 20.1. The van der Waals surface area contributed by atoms with E-state index in [0.717, 1.165) is 34.0 Å². The van der Waals surface area contributed by atoms with Gasteiger partial charge in [-0.05, 0) is 61.5 Å². The monoisotopic (exact) mass is 333 g/mol. The third-order valence-corrected chi connectivity index (χ3v) is 4.43. The molecule has 0 saturated heterocycles. The van der Waals surface area contributed by atoms with Crippen molar-refractivity contribution >= 4 is 22.1 Å². The molecule has 0 atom stereocenters. The second-order valence-corrected chi connectivity index (χ2v) is 6.92. The summed E-state index contributed by atoms with van der Waals surface area (Å²) in [7, 11) is 0. The van der Waals surface area contributed by atoms with Crippen LogP contribution in [0.3, 0.4) is 0 Å². The second kappa shape index (κ2) is 5.99. The van der Waals surface area contributed by atoms with Crippen LogP contribution in [0.25, 0.3) is 33.3 Å². The molecule has 25 heavy (non-hydrogen) atoms. The summed E-state index contributed by atoms with van der Waals surface area (Å²) in [5.74, 6) is 0.522. The smallest absolute Gasteiger partial charge is 0.227 e. The van der Waals surface area contributed by atoms with Crippen LogP contribution in [0, 0.1) is 19.7 Å². The van der Waals surface area contributed by atoms with E-state index in [1.165, 1.54) is 6.20 Å². The van der Waals surface area contributed by atoms with Gasteiger partial charge in [-0.1, -0.05) is 26.0 Å². The highest BCUT2D eigenvalue weighted by Crippen LogP contribution is 2.35. The topological polar surface area (TPSA) is 38.9 Å². The van der Waals surface area contributed by atoms with E-state index in [1.54, 1.807) is 13.0 Å². The molecule has 126 valence electrons. The Balaban J connectivity index is 1.87. The Morgan fingerprint density at radius 1 is 1.12 bits per heavy atom. The first-order valence-corrected chi connectivity index (χ1v) is 8.52. The number of hydrogen-bond acceptors (Lipinski definition) is 3. The molecule has 0 bridgehead atoms. The van der Waals surface area contributed by atoms with Gasteiger partial charge in [-0.2, -0.15) is 0 Å². The summed E-state index contributed by atoms with van der Waals surface area (Å²) in [6.07, 6.45) is 2.34. The molecule has 0 radical (unpaired) electrons. The molecule has 0 amide bonds. The number of para-hydroxylation sites is 1. The third-order valence-electron chi connectivity index (χ3n) is 4.43. The molecule has 0 N–H and O–H groups in total. The number of aromatic nitrogens is 2. The number of fused-ring (bicyclic) bond motifs is 3. The van der Waals surface area contributed by atoms with E-state index in [4.69, 9.17) is 8.53 Å². The molecule has 3 heteroatoms. The predicted molar refractivity (Wildman–Crippen MR) is 103 cm³/mol. The van der Waals surface area contributed by atoms with Crippen molar-refractivity contribution in [2.75, 3.05) is 0 Å². The van der Waals surface area contributed by atoms with Crippen LogP contribution in [0.1, 0.15) is 34.8 Å². The molecule has 0 fully saturated rings. The Morgan fingerprint density at radius 3 is 2.76 bits per heavy atom. The fourth-order valence-corrected chi connectivity index (χ4v) is 3.15. The molecule has 0 aliphatic rings. The summed E-state index contributed by atoms with van der Waals surface area (Å²) in [5.41, 5.74) is 4.85. The molecule has 0 saturated carbocycles. The number of rotatable bonds is 3. The van der Waals surface area contributed by atoms with Crippen LogP contribution in [0.15, 0.2) is 47.0 Å². The van der Waals surface area contributed by atoms with Crippen LogP contribution in [-0.4, -0.2) is 9.97 Å². The number of aryl methyl sites for hydroxylation is 2. The Morgan fingerprint density at radius 2 is 2.00 bits per heavy atom. The Labute approximate surface area is 151 Å². The van der Waals surface area contributed by atoms with E-state index in [0.29, 0.717) is 22.9 Å². The molecule has 0 aliphatic heterocycles. The zero-order valence-electron chi connectivity index (χ0n) is 17.6. The van der Waals surface area contributed by atoms with Crippen molar-refractivity contribution in [2.45, 2.75) is 34.0 Å². The fraction of sp³-hybridized carbons (Fsp3) is 0.273. The highest BCUT2D eigenvalue weighted by Gasteiger charge is 2.14. The van der Waals surface area contributed by atoms with Crippen molar-refractivity contribution in [3.8, 4) is 11.3 Å². The second-order valence-electron chi connectivity index (χ2n) is 6.92. The summed E-state index contributed by atoms with van der Waals surface area (Å²) < 4.78 is 29.0. The summed E-state index contributed by atoms with van der Waals surface area (Å²) in [4.78, 5) is 9.10. The normalized spacial score (nSPS) is 14.0. The number of hydrogen-bond donors (Lipinski definition) is 0. The summed E-state index contributed by atoms with van der Waals surface area (Å²) in [6.45, 7) is 3.96. The van der Waals surface area contributed by atoms with Crippen molar-refractivity contribution < 1.29 is 8.53 Å². The van der Waals surface area contributed by atoms with Crippen LogP contribution < -0.4 is 0 Å². The van der Waals surface area contributed by atoms with Gasteiger partial charge in [0.1, 0.15) is 5.58 Å². The molecule has 4 aromatic rings. The van der Waals surface area contributed by atoms with Crippen molar-refractivity contribution in [1.29, 1.82) is 0 Å². The van der Waals surface area contributed by atoms with Crippen LogP contribution in [0.4, 0.5) is 0 Å². The molecule has 4 rings (SSSR count). The maximum absolute atomic E-state index is 7.63. The van der Waals surface area contributed by atoms with Crippen LogP contribution in [0.2, 0.25) is 0 Å². The highest BCUT2D eigenvalue weighted by atomic mass is 16.3. The average Bonchev–Trinajstić information content (AvgIpc) is 2.97. The largest absolute Gasteiger partial charge is 0.437 e. The molecule has 0 spiro atoms. The number of benzene rings is 1. The minimum atomic E-state index is -2.17. The van der Waals surface area contributed by atoms with E-state index in [9.17, 15) is 0 Å². The zero-order valence-corrected chi connectivity index (χ0v) is 14.6. The Bertz CT molecular complexity index is 1180. The summed E-state index contributed by atoms with van der Waals surface area (Å²) in [6, 6.07) is 11.8. The highest BCUT2D eigenvalue weighted by molar-refractivity contribution is 6.08. The Kier molecular flexibility index (Phi) is 3.03. The first-order chi connectivity index (χ1) is 13.2. The van der Waals surface area contributed by atoms with Gasteiger partial charge in [0.15, 0.2) is 0 Å². The van der Waals surface area contributed by atoms with Gasteiger partial charge in [-0.3, -0.25) is 4.98 Å². The van der Waals surface area contributed by atoms with Crippen LogP contribution >= 0.6 is 0 Å². The molecular weight excluding hydrogens is 308 g/mol.